The van der Waals surface area contributed by atoms with E-state index in [0.717, 1.165) is 11.3 Å². The molecule has 2 rings (SSSR count). The van der Waals surface area contributed by atoms with Crippen LogP contribution in [0.25, 0.3) is 0 Å². The van der Waals surface area contributed by atoms with Crippen molar-refractivity contribution in [2.45, 2.75) is 32.9 Å². The van der Waals surface area contributed by atoms with Crippen LogP contribution < -0.4 is 10.6 Å². The van der Waals surface area contributed by atoms with Gasteiger partial charge in [0, 0.05) is 6.04 Å². The van der Waals surface area contributed by atoms with E-state index in [9.17, 15) is 19.2 Å². The Bertz CT molecular complexity index is 673. The van der Waals surface area contributed by atoms with Gasteiger partial charge in [0.05, 0.1) is 18.7 Å². The Hall–Kier alpha value is -2.90. The lowest BCUT2D eigenvalue weighted by Gasteiger charge is -2.15. The predicted molar refractivity (Wildman–Crippen MR) is 88.6 cm³/mol. The smallest absolute Gasteiger partial charge is 0.338 e. The fourth-order valence-corrected chi connectivity index (χ4v) is 2.27. The standard InChI is InChI=1S/C17H21N3O5/c1-3-11(2)19-14(21)10-25-16(23)13-7-5-4-6-12(13)9-20-15(22)8-18-17(20)24/h4-7,11H,3,8-10H2,1-2H3,(H,18,24)(H,19,21). The van der Waals surface area contributed by atoms with Crippen LogP contribution in [0, 0.1) is 0 Å². The van der Waals surface area contributed by atoms with Crippen LogP contribution in [0.2, 0.25) is 0 Å². The van der Waals surface area contributed by atoms with Gasteiger partial charge in [0.2, 0.25) is 5.91 Å². The highest BCUT2D eigenvalue weighted by Gasteiger charge is 2.29. The molecule has 0 aromatic heterocycles. The molecule has 0 radical (unpaired) electrons. The monoisotopic (exact) mass is 347 g/mol. The number of hydrogen-bond acceptors (Lipinski definition) is 5. The maximum atomic E-state index is 12.3. The summed E-state index contributed by atoms with van der Waals surface area (Å²) in [4.78, 5) is 48.3. The lowest BCUT2D eigenvalue weighted by Crippen LogP contribution is -2.35. The number of carbonyl (C=O) groups excluding carboxylic acids is 4. The molecule has 1 aliphatic rings. The highest BCUT2D eigenvalue weighted by atomic mass is 16.5. The first kappa shape index (κ1) is 18.4. The van der Waals surface area contributed by atoms with Crippen molar-refractivity contribution < 1.29 is 23.9 Å². The average Bonchev–Trinajstić information content (AvgIpc) is 2.92. The van der Waals surface area contributed by atoms with Crippen LogP contribution in [0.15, 0.2) is 24.3 Å². The zero-order chi connectivity index (χ0) is 18.4. The molecular formula is C17H21N3O5. The molecule has 0 bridgehead atoms. The first-order valence-electron chi connectivity index (χ1n) is 8.05. The molecule has 1 aliphatic heterocycles. The van der Waals surface area contributed by atoms with Gasteiger partial charge in [-0.3, -0.25) is 14.5 Å². The zero-order valence-electron chi connectivity index (χ0n) is 14.2. The SMILES string of the molecule is CCC(C)NC(=O)COC(=O)c1ccccc1CN1C(=O)CNC1=O. The molecule has 1 heterocycles. The molecule has 0 spiro atoms. The van der Waals surface area contributed by atoms with E-state index in [1.165, 1.54) is 6.07 Å². The van der Waals surface area contributed by atoms with Crippen LogP contribution in [-0.4, -0.2) is 47.9 Å². The van der Waals surface area contributed by atoms with Crippen LogP contribution in [0.5, 0.6) is 0 Å². The van der Waals surface area contributed by atoms with Crippen LogP contribution in [0.4, 0.5) is 4.79 Å². The lowest BCUT2D eigenvalue weighted by molar-refractivity contribution is -0.125. The lowest BCUT2D eigenvalue weighted by atomic mass is 10.1. The van der Waals surface area contributed by atoms with Crippen LogP contribution >= 0.6 is 0 Å². The van der Waals surface area contributed by atoms with Gasteiger partial charge in [-0.05, 0) is 25.0 Å². The first-order valence-corrected chi connectivity index (χ1v) is 8.05. The summed E-state index contributed by atoms with van der Waals surface area (Å²) in [5.74, 6) is -1.42. The predicted octanol–water partition coefficient (Wildman–Crippen LogP) is 0.810. The molecule has 1 atom stereocenters. The molecule has 25 heavy (non-hydrogen) atoms. The van der Waals surface area contributed by atoms with E-state index in [-0.39, 0.29) is 43.1 Å². The largest absolute Gasteiger partial charge is 0.452 e. The number of hydrogen-bond donors (Lipinski definition) is 2. The number of nitrogens with one attached hydrogen (secondary N) is 2. The van der Waals surface area contributed by atoms with Gasteiger partial charge in [0.1, 0.15) is 0 Å². The molecule has 134 valence electrons. The number of esters is 1. The third-order valence-electron chi connectivity index (χ3n) is 3.86. The fraction of sp³-hybridized carbons (Fsp3) is 0.412. The number of amides is 4. The summed E-state index contributed by atoms with van der Waals surface area (Å²) in [6, 6.07) is 6.00. The Labute approximate surface area is 145 Å². The van der Waals surface area contributed by atoms with Gasteiger partial charge >= 0.3 is 12.0 Å². The van der Waals surface area contributed by atoms with Crippen LogP contribution in [0.1, 0.15) is 36.2 Å². The molecule has 2 N–H and O–H groups in total. The van der Waals surface area contributed by atoms with Gasteiger partial charge < -0.3 is 15.4 Å². The summed E-state index contributed by atoms with van der Waals surface area (Å²) < 4.78 is 5.04. The van der Waals surface area contributed by atoms with Gasteiger partial charge in [-0.2, -0.15) is 0 Å². The number of nitrogens with zero attached hydrogens (tertiary/aromatic N) is 1. The van der Waals surface area contributed by atoms with Crippen LogP contribution in [-0.2, 0) is 20.9 Å². The van der Waals surface area contributed by atoms with Crippen molar-refractivity contribution in [1.29, 1.82) is 0 Å². The van der Waals surface area contributed by atoms with E-state index in [1.54, 1.807) is 18.2 Å². The molecule has 4 amide bonds. The van der Waals surface area contributed by atoms with Gasteiger partial charge in [-0.25, -0.2) is 9.59 Å². The molecule has 0 saturated carbocycles. The molecule has 1 aromatic carbocycles. The molecule has 8 heteroatoms. The third kappa shape index (κ3) is 4.79. The van der Waals surface area contributed by atoms with Gasteiger partial charge in [-0.15, -0.1) is 0 Å². The second kappa shape index (κ2) is 8.27. The number of ether oxygens (including phenoxy) is 1. The Balaban J connectivity index is 2.01. The van der Waals surface area contributed by atoms with E-state index >= 15 is 0 Å². The summed E-state index contributed by atoms with van der Waals surface area (Å²) in [6.07, 6.45) is 0.772. The average molecular weight is 347 g/mol. The minimum atomic E-state index is -0.679. The summed E-state index contributed by atoms with van der Waals surface area (Å²) in [5.41, 5.74) is 0.687. The van der Waals surface area contributed by atoms with E-state index < -0.39 is 12.0 Å². The first-order chi connectivity index (χ1) is 11.9. The second-order valence-corrected chi connectivity index (χ2v) is 5.75. The molecule has 1 unspecified atom stereocenters. The maximum absolute atomic E-state index is 12.3. The normalized spacial score (nSPS) is 14.9. The van der Waals surface area contributed by atoms with Crippen molar-refractivity contribution in [2.75, 3.05) is 13.2 Å². The summed E-state index contributed by atoms with van der Waals surface area (Å²) in [6.45, 7) is 3.31. The van der Waals surface area contributed by atoms with Crippen molar-refractivity contribution in [3.63, 3.8) is 0 Å². The van der Waals surface area contributed by atoms with Crippen molar-refractivity contribution in [1.82, 2.24) is 15.5 Å². The summed E-state index contributed by atoms with van der Waals surface area (Å²) in [5, 5.41) is 5.12. The van der Waals surface area contributed by atoms with Crippen molar-refractivity contribution in [3.05, 3.63) is 35.4 Å². The number of imide groups is 1. The Morgan fingerprint density at radius 3 is 2.68 bits per heavy atom. The topological polar surface area (TPSA) is 105 Å². The van der Waals surface area contributed by atoms with E-state index in [1.807, 2.05) is 13.8 Å². The number of benzene rings is 1. The number of carbonyl (C=O) groups is 4. The van der Waals surface area contributed by atoms with Crippen LogP contribution in [0.3, 0.4) is 0 Å². The Morgan fingerprint density at radius 2 is 2.04 bits per heavy atom. The molecule has 0 aliphatic carbocycles. The quantitative estimate of drug-likeness (QED) is 0.561. The van der Waals surface area contributed by atoms with Gasteiger partial charge in [0.25, 0.3) is 5.91 Å². The maximum Gasteiger partial charge on any atom is 0.338 e. The van der Waals surface area contributed by atoms with Crippen molar-refractivity contribution >= 4 is 23.8 Å². The molecule has 1 aromatic rings. The minimum absolute atomic E-state index is 0.00169. The fourth-order valence-electron chi connectivity index (χ4n) is 2.27. The van der Waals surface area contributed by atoms with Gasteiger partial charge in [-0.1, -0.05) is 25.1 Å². The highest BCUT2D eigenvalue weighted by Crippen LogP contribution is 2.15. The van der Waals surface area contributed by atoms with Gasteiger partial charge in [0.15, 0.2) is 6.61 Å². The summed E-state index contributed by atoms with van der Waals surface area (Å²) in [7, 11) is 0. The third-order valence-corrected chi connectivity index (χ3v) is 3.86. The number of urea groups is 1. The van der Waals surface area contributed by atoms with E-state index in [4.69, 9.17) is 4.74 Å². The minimum Gasteiger partial charge on any atom is -0.452 e. The Kier molecular flexibility index (Phi) is 6.10. The molecule has 8 nitrogen and oxygen atoms in total. The highest BCUT2D eigenvalue weighted by molar-refractivity contribution is 6.02. The zero-order valence-corrected chi connectivity index (χ0v) is 14.2. The summed E-state index contributed by atoms with van der Waals surface area (Å²) >= 11 is 0. The van der Waals surface area contributed by atoms with E-state index in [2.05, 4.69) is 10.6 Å². The van der Waals surface area contributed by atoms with E-state index in [0.29, 0.717) is 5.56 Å². The molecular weight excluding hydrogens is 326 g/mol. The molecule has 1 fully saturated rings. The van der Waals surface area contributed by atoms with Crippen molar-refractivity contribution in [3.8, 4) is 0 Å². The molecule has 1 saturated heterocycles. The number of rotatable bonds is 7. The second-order valence-electron chi connectivity index (χ2n) is 5.75. The van der Waals surface area contributed by atoms with Crippen molar-refractivity contribution in [2.24, 2.45) is 0 Å². The Morgan fingerprint density at radius 1 is 1.32 bits per heavy atom.